The highest BCUT2D eigenvalue weighted by Gasteiger charge is 2.34. The number of amides is 3. The Hall–Kier alpha value is -16.3. The van der Waals surface area contributed by atoms with Crippen LogP contribution >= 0.6 is 0 Å². The second kappa shape index (κ2) is 38.4. The molecule has 6 aromatic carbocycles. The number of aromatic nitrogens is 8. The number of phenolic OH excluding ortho intramolecular Hbond substituents is 2. The first-order valence-electron chi connectivity index (χ1n) is 36.2. The van der Waals surface area contributed by atoms with Gasteiger partial charge in [0.1, 0.15) is 73.3 Å². The Balaban J connectivity index is 0.000000177. The van der Waals surface area contributed by atoms with Crippen molar-refractivity contribution in [1.82, 2.24) is 49.7 Å². The molecule has 0 bridgehead atoms. The van der Waals surface area contributed by atoms with Crippen molar-refractivity contribution in [2.45, 2.75) is 46.6 Å². The predicted octanol–water partition coefficient (Wildman–Crippen LogP) is 9.98. The molecule has 40 nitrogen and oxygen atoms in total. The SMILES string of the molecule is C.O=C(ON1C(=O)CCC1=O)c1ccc(C(=O)O)c(-c2c3ccc(=O)cc-3oc3cc(O)ccc23)c1.[N-]=[N+]=NCCOCCOn1cnc2c(OCc3ccc(CN)cc3)nc(N)nc21.[N-]=[N+]=NCCOCCOn1cnc2c(OCc3ccc(CNC(=O)c4ccc(C(=O)O)c(-c5c6ccc(=O)cc-6oc6cc(O)ccc56)c4)cc3)nc(N)nc21. The Kier molecular flexibility index (Phi) is 26.7. The molecule has 0 atom stereocenters. The van der Waals surface area contributed by atoms with Gasteiger partial charge in [-0.25, -0.2) is 24.4 Å². The van der Waals surface area contributed by atoms with E-state index < -0.39 is 35.6 Å². The summed E-state index contributed by atoms with van der Waals surface area (Å²) in [5.41, 5.74) is 40.4. The van der Waals surface area contributed by atoms with E-state index in [0.717, 1.165) is 22.3 Å². The standard InChI is InChI=1S/C38H31N9O9.C25H15NO9.C17H21N9O3.CH4/c39-38-44-34-33(42-20-47(34)55-14-13-53-12-11-43-46-40)36(45-38)54-19-22-3-1-21(2-4-22)18-41-35(50)23-5-8-26(37(51)52)29(15-23)32-27-9-6-24(48)16-30(27)56-31-17-25(49)7-10-28(31)32;27-13-2-5-16-19(10-13)34-20-11-14(28)3-6-17(20)23(16)18-9-12(1-4-15(18)24(31)32)25(33)35-26-21(29)7-8-22(26)30;18-9-12-1-3-13(4-2-12)10-28-16-14-15(23-17(19)24-16)26(11-21-14)29-8-7-27-6-5-22-25-20;/h1-10,15-17,20,48H,11-14,18-19H2,(H,41,50)(H,51,52)(H2,39,44,45);1-6,9-11,27H,7-8H2,(H,31,32);1-4,11H,5-10,18H2,(H2,19,23,24);1H4. The van der Waals surface area contributed by atoms with Gasteiger partial charge in [0.2, 0.25) is 35.0 Å². The minimum atomic E-state index is -1.29. The first-order chi connectivity index (χ1) is 58.1. The summed E-state index contributed by atoms with van der Waals surface area (Å²) in [6, 6.07) is 39.8. The Labute approximate surface area is 681 Å². The molecule has 15 rings (SSSR count). The van der Waals surface area contributed by atoms with Crippen molar-refractivity contribution in [2.75, 3.05) is 64.2 Å². The number of ether oxygens (including phenoxy) is 4. The molecule has 40 heteroatoms. The molecule has 616 valence electrons. The predicted molar refractivity (Wildman–Crippen MR) is 432 cm³/mol. The number of hydroxylamine groups is 2. The summed E-state index contributed by atoms with van der Waals surface area (Å²) in [7, 11) is 0. The summed E-state index contributed by atoms with van der Waals surface area (Å²) >= 11 is 0. The number of aromatic carboxylic acids is 2. The van der Waals surface area contributed by atoms with Crippen LogP contribution in [0.4, 0.5) is 11.9 Å². The number of nitrogens with two attached hydrogens (primary N) is 3. The molecule has 0 radical (unpaired) electrons. The van der Waals surface area contributed by atoms with Crippen LogP contribution < -0.4 is 52.5 Å². The number of carboxylic acid groups (broad SMARTS) is 2. The molecule has 0 spiro atoms. The smallest absolute Gasteiger partial charge is 0.363 e. The zero-order valence-corrected chi connectivity index (χ0v) is 62.7. The number of phenols is 2. The number of azide groups is 2. The monoisotopic (exact) mass is 1650 g/mol. The molecule has 2 aliphatic carbocycles. The lowest BCUT2D eigenvalue weighted by molar-refractivity contribution is -0.172. The Morgan fingerprint density at radius 3 is 1.42 bits per heavy atom. The van der Waals surface area contributed by atoms with Crippen molar-refractivity contribution < 1.29 is 91.5 Å². The average Bonchev–Trinajstić information content (AvgIpc) is 1.84. The first kappa shape index (κ1) is 84.1. The van der Waals surface area contributed by atoms with E-state index in [1.165, 1.54) is 119 Å². The lowest BCUT2D eigenvalue weighted by atomic mass is 9.89. The van der Waals surface area contributed by atoms with Crippen LogP contribution in [-0.2, 0) is 50.2 Å². The van der Waals surface area contributed by atoms with Gasteiger partial charge in [-0.15, -0.1) is 5.06 Å². The number of carboxylic acids is 2. The molecule has 0 saturated carbocycles. The molecule has 7 heterocycles. The average molecular weight is 1650 g/mol. The molecule has 121 heavy (non-hydrogen) atoms. The molecule has 10 aromatic rings. The first-order valence-corrected chi connectivity index (χ1v) is 36.2. The number of carbonyl (C=O) groups is 6. The second-order valence-electron chi connectivity index (χ2n) is 25.9. The molecule has 1 fully saturated rings. The quantitative estimate of drug-likeness (QED) is 0.00518. The Morgan fingerprint density at radius 1 is 0.521 bits per heavy atom. The fraction of sp³-hybridized carbons (Fsp3) is 0.185. The van der Waals surface area contributed by atoms with E-state index in [-0.39, 0.29) is 175 Å². The Bertz CT molecular complexity index is 6410. The van der Waals surface area contributed by atoms with Crippen LogP contribution in [-0.4, -0.2) is 153 Å². The fourth-order valence-electron chi connectivity index (χ4n) is 12.4. The zero-order chi connectivity index (χ0) is 84.5. The van der Waals surface area contributed by atoms with E-state index in [1.807, 2.05) is 48.5 Å². The van der Waals surface area contributed by atoms with Crippen molar-refractivity contribution in [1.29, 1.82) is 0 Å². The van der Waals surface area contributed by atoms with Crippen LogP contribution in [0.1, 0.15) is 84.0 Å². The summed E-state index contributed by atoms with van der Waals surface area (Å²) in [4.78, 5) is 145. The third-order valence-electron chi connectivity index (χ3n) is 18.0. The lowest BCUT2D eigenvalue weighted by Gasteiger charge is -2.18. The number of rotatable bonds is 30. The molecule has 3 aliphatic heterocycles. The molecule has 5 aliphatic rings. The minimum absolute atomic E-state index is 0. The summed E-state index contributed by atoms with van der Waals surface area (Å²) in [6.07, 6.45) is 2.72. The maximum Gasteiger partial charge on any atom is 0.363 e. The third-order valence-corrected chi connectivity index (χ3v) is 18.0. The van der Waals surface area contributed by atoms with Crippen LogP contribution in [0.15, 0.2) is 199 Å². The van der Waals surface area contributed by atoms with Crippen LogP contribution in [0.5, 0.6) is 23.3 Å². The van der Waals surface area contributed by atoms with Crippen LogP contribution in [0, 0.1) is 0 Å². The van der Waals surface area contributed by atoms with E-state index >= 15 is 0 Å². The minimum Gasteiger partial charge on any atom is -0.508 e. The number of anilines is 2. The highest BCUT2D eigenvalue weighted by atomic mass is 16.7. The van der Waals surface area contributed by atoms with Gasteiger partial charge in [-0.2, -0.15) is 29.4 Å². The number of nitrogens with one attached hydrogen (secondary N) is 1. The lowest BCUT2D eigenvalue weighted by Crippen LogP contribution is -2.32. The van der Waals surface area contributed by atoms with Crippen LogP contribution in [0.25, 0.3) is 110 Å². The number of fused-ring (bicyclic) bond motifs is 6. The summed E-state index contributed by atoms with van der Waals surface area (Å²) in [5, 5.41) is 51.0. The summed E-state index contributed by atoms with van der Waals surface area (Å²) < 4.78 is 36.8. The van der Waals surface area contributed by atoms with Crippen molar-refractivity contribution in [3.63, 3.8) is 0 Å². The van der Waals surface area contributed by atoms with E-state index in [2.05, 4.69) is 55.3 Å². The number of carbonyl (C=O) groups excluding carboxylic acids is 4. The van der Waals surface area contributed by atoms with Gasteiger partial charge in [0.05, 0.1) is 43.1 Å². The van der Waals surface area contributed by atoms with Gasteiger partial charge in [-0.3, -0.25) is 24.0 Å². The van der Waals surface area contributed by atoms with E-state index in [0.29, 0.717) is 86.8 Å². The molecular formula is C81H71N19O21. The van der Waals surface area contributed by atoms with Crippen LogP contribution in [0.2, 0.25) is 0 Å². The number of imidazole rings is 2. The van der Waals surface area contributed by atoms with Gasteiger partial charge in [-0.1, -0.05) is 66.2 Å². The number of benzene rings is 8. The zero-order valence-electron chi connectivity index (χ0n) is 62.7. The number of hydrogen-bond acceptors (Lipinski definition) is 30. The third kappa shape index (κ3) is 20.0. The molecule has 1 saturated heterocycles. The van der Waals surface area contributed by atoms with Crippen molar-refractivity contribution >= 4 is 91.8 Å². The number of imide groups is 1. The highest BCUT2D eigenvalue weighted by molar-refractivity contribution is 6.11. The normalized spacial score (nSPS) is 11.6. The van der Waals surface area contributed by atoms with Gasteiger partial charge in [0.25, 0.3) is 17.7 Å². The van der Waals surface area contributed by atoms with Crippen molar-refractivity contribution in [3.8, 4) is 68.2 Å². The second-order valence-corrected chi connectivity index (χ2v) is 25.9. The van der Waals surface area contributed by atoms with Gasteiger partial charge >= 0.3 is 17.9 Å². The van der Waals surface area contributed by atoms with E-state index in [1.54, 1.807) is 12.1 Å². The molecule has 3 amide bonds. The van der Waals surface area contributed by atoms with E-state index in [4.69, 9.17) is 70.6 Å². The summed E-state index contributed by atoms with van der Waals surface area (Å²) in [5.74, 6) is -4.71. The number of nitrogens with zero attached hydrogens (tertiary/aromatic N) is 15. The fourth-order valence-corrected chi connectivity index (χ4v) is 12.4. The van der Waals surface area contributed by atoms with Gasteiger partial charge in [0.15, 0.2) is 21.9 Å². The highest BCUT2D eigenvalue weighted by Crippen LogP contribution is 2.45. The molecule has 0 unspecified atom stereocenters. The maximum atomic E-state index is 13.5. The summed E-state index contributed by atoms with van der Waals surface area (Å²) in [6.45, 7) is 3.09. The molecule has 4 aromatic heterocycles. The molecule has 11 N–H and O–H groups in total. The largest absolute Gasteiger partial charge is 0.508 e. The topological polar surface area (TPSA) is 586 Å². The van der Waals surface area contributed by atoms with E-state index in [9.17, 15) is 58.8 Å². The van der Waals surface area contributed by atoms with Gasteiger partial charge in [0, 0.05) is 112 Å². The Morgan fingerprint density at radius 2 is 0.967 bits per heavy atom. The maximum absolute atomic E-state index is 13.5. The van der Waals surface area contributed by atoms with Gasteiger partial charge < -0.3 is 85.2 Å². The number of hydrogen-bond donors (Lipinski definition) is 8. The number of nitrogen functional groups attached to an aromatic ring is 2. The number of aromatic hydroxyl groups is 2. The van der Waals surface area contributed by atoms with Gasteiger partial charge in [-0.05, 0) is 129 Å². The van der Waals surface area contributed by atoms with Crippen molar-refractivity contribution in [2.24, 2.45) is 16.0 Å². The molecular weight excluding hydrogens is 1580 g/mol. The van der Waals surface area contributed by atoms with Crippen LogP contribution in [0.3, 0.4) is 0 Å². The van der Waals surface area contributed by atoms with Crippen molar-refractivity contribution in [3.05, 3.63) is 256 Å².